The number of nitrogens with two attached hydrogens (primary N) is 2. The van der Waals surface area contributed by atoms with Crippen molar-refractivity contribution < 1.29 is 13.2 Å². The number of pyridine rings is 1. The smallest absolute Gasteiger partial charge is 0.224 e. The highest BCUT2D eigenvalue weighted by Gasteiger charge is 2.24. The number of rotatable bonds is 6. The highest BCUT2D eigenvalue weighted by Crippen LogP contribution is 2.37. The van der Waals surface area contributed by atoms with Crippen molar-refractivity contribution in [3.8, 4) is 11.1 Å². The molecule has 2 aromatic heterocycles. The molecule has 4 N–H and O–H groups in total. The second-order valence-electron chi connectivity index (χ2n) is 5.80. The van der Waals surface area contributed by atoms with Crippen molar-refractivity contribution in [2.45, 2.75) is 24.8 Å². The molecule has 0 spiro atoms. The number of hydrogen-bond acceptors (Lipinski definition) is 7. The number of amides is 1. The zero-order valence-electron chi connectivity index (χ0n) is 14.1. The molecule has 136 valence electrons. The molecule has 3 rings (SSSR count). The number of thiazole rings is 1. The Bertz CT molecular complexity index is 1090. The summed E-state index contributed by atoms with van der Waals surface area (Å²) >= 11 is 1.34. The van der Waals surface area contributed by atoms with E-state index in [9.17, 15) is 13.2 Å². The van der Waals surface area contributed by atoms with Crippen LogP contribution in [0.1, 0.15) is 18.4 Å². The third-order valence-corrected chi connectivity index (χ3v) is 6.64. The second kappa shape index (κ2) is 7.00. The van der Waals surface area contributed by atoms with Gasteiger partial charge in [0, 0.05) is 23.0 Å². The van der Waals surface area contributed by atoms with Crippen molar-refractivity contribution in [3.63, 3.8) is 0 Å². The second-order valence-corrected chi connectivity index (χ2v) is 8.94. The monoisotopic (exact) mass is 390 g/mol. The lowest BCUT2D eigenvalue weighted by molar-refractivity contribution is -0.117. The van der Waals surface area contributed by atoms with Crippen LogP contribution in [-0.4, -0.2) is 30.0 Å². The Balaban J connectivity index is 2.27. The van der Waals surface area contributed by atoms with E-state index in [-0.39, 0.29) is 17.2 Å². The van der Waals surface area contributed by atoms with Gasteiger partial charge in [0.15, 0.2) is 14.9 Å². The average molecular weight is 390 g/mol. The summed E-state index contributed by atoms with van der Waals surface area (Å²) in [6.45, 7) is 1.79. The number of para-hydroxylation sites is 1. The predicted molar refractivity (Wildman–Crippen MR) is 103 cm³/mol. The maximum absolute atomic E-state index is 12.7. The van der Waals surface area contributed by atoms with Crippen LogP contribution in [0.15, 0.2) is 35.5 Å². The van der Waals surface area contributed by atoms with E-state index in [1.54, 1.807) is 25.1 Å². The van der Waals surface area contributed by atoms with E-state index in [0.29, 0.717) is 33.8 Å². The first-order valence-electron chi connectivity index (χ1n) is 7.98. The average Bonchev–Trinajstić information content (AvgIpc) is 2.96. The lowest BCUT2D eigenvalue weighted by Gasteiger charge is -2.12. The highest BCUT2D eigenvalue weighted by molar-refractivity contribution is 7.91. The Kier molecular flexibility index (Phi) is 4.92. The van der Waals surface area contributed by atoms with Gasteiger partial charge in [-0.2, -0.15) is 0 Å². The maximum Gasteiger partial charge on any atom is 0.224 e. The Morgan fingerprint density at radius 2 is 2.04 bits per heavy atom. The summed E-state index contributed by atoms with van der Waals surface area (Å²) in [6, 6.07) is 6.98. The number of fused-ring (bicyclic) bond motifs is 1. The molecule has 3 aromatic rings. The molecular formula is C17H18N4O3S2. The molecule has 0 saturated heterocycles. The van der Waals surface area contributed by atoms with Gasteiger partial charge >= 0.3 is 0 Å². The minimum absolute atomic E-state index is 0.0174. The van der Waals surface area contributed by atoms with Crippen molar-refractivity contribution in [3.05, 3.63) is 35.5 Å². The van der Waals surface area contributed by atoms with Gasteiger partial charge < -0.3 is 11.5 Å². The lowest BCUT2D eigenvalue weighted by atomic mass is 10.0. The van der Waals surface area contributed by atoms with E-state index in [2.05, 4.69) is 9.97 Å². The molecule has 0 bridgehead atoms. The molecule has 0 unspecified atom stereocenters. The number of benzene rings is 1. The number of carbonyl (C=O) groups is 1. The Labute approximate surface area is 155 Å². The maximum atomic E-state index is 12.7. The fraction of sp³-hybridized carbons (Fsp3) is 0.235. The van der Waals surface area contributed by atoms with Crippen molar-refractivity contribution in [2.24, 2.45) is 5.73 Å². The number of aromatic nitrogens is 2. The number of carbonyl (C=O) groups excluding carboxylic acids is 1. The first kappa shape index (κ1) is 18.3. The third kappa shape index (κ3) is 3.40. The van der Waals surface area contributed by atoms with Crippen molar-refractivity contribution >= 4 is 43.0 Å². The summed E-state index contributed by atoms with van der Waals surface area (Å²) in [6.07, 6.45) is 1.89. The molecule has 0 atom stereocenters. The van der Waals surface area contributed by atoms with Crippen LogP contribution in [0.4, 0.5) is 5.69 Å². The molecule has 0 radical (unpaired) electrons. The van der Waals surface area contributed by atoms with Crippen LogP contribution < -0.4 is 11.5 Å². The van der Waals surface area contributed by atoms with Crippen LogP contribution in [0.3, 0.4) is 0 Å². The summed E-state index contributed by atoms with van der Waals surface area (Å²) in [7, 11) is -3.58. The summed E-state index contributed by atoms with van der Waals surface area (Å²) in [5.74, 6) is -0.492. The van der Waals surface area contributed by atoms with Gasteiger partial charge in [0.05, 0.1) is 22.4 Å². The normalized spacial score (nSPS) is 11.7. The molecular weight excluding hydrogens is 372 g/mol. The van der Waals surface area contributed by atoms with Gasteiger partial charge in [-0.3, -0.25) is 4.79 Å². The number of nitrogens with zero attached hydrogens (tertiary/aromatic N) is 2. The highest BCUT2D eigenvalue weighted by atomic mass is 32.2. The quantitative estimate of drug-likeness (QED) is 0.663. The Morgan fingerprint density at radius 3 is 2.73 bits per heavy atom. The third-order valence-electron chi connectivity index (χ3n) is 3.77. The summed E-state index contributed by atoms with van der Waals surface area (Å²) in [5, 5.41) is 0.525. The molecule has 0 aliphatic heterocycles. The lowest BCUT2D eigenvalue weighted by Crippen LogP contribution is -2.13. The zero-order chi connectivity index (χ0) is 18.9. The standard InChI is InChI=1S/C17H18N4O3S2/c1-2-8-26(23,24)17-15(11(18)6-7-20-17)10-4-3-5-12-16(10)21-14(25-12)9-13(19)22/h3-7H,2,8-9H2,1H3,(H2,18,20)(H2,19,22). The fourth-order valence-corrected chi connectivity index (χ4v) is 5.24. The topological polar surface area (TPSA) is 129 Å². The molecule has 1 aromatic carbocycles. The van der Waals surface area contributed by atoms with Gasteiger partial charge in [-0.15, -0.1) is 11.3 Å². The Morgan fingerprint density at radius 1 is 1.27 bits per heavy atom. The zero-order valence-corrected chi connectivity index (χ0v) is 15.7. The Hall–Kier alpha value is -2.52. The summed E-state index contributed by atoms with van der Waals surface area (Å²) in [5.41, 5.74) is 13.2. The van der Waals surface area contributed by atoms with Gasteiger partial charge in [0.1, 0.15) is 5.01 Å². The van der Waals surface area contributed by atoms with Crippen LogP contribution in [0.25, 0.3) is 21.3 Å². The van der Waals surface area contributed by atoms with E-state index in [1.807, 2.05) is 6.07 Å². The SMILES string of the molecule is CCCS(=O)(=O)c1nccc(N)c1-c1cccc2sc(CC(N)=O)nc12. The van der Waals surface area contributed by atoms with Crippen LogP contribution in [0.2, 0.25) is 0 Å². The van der Waals surface area contributed by atoms with Crippen LogP contribution >= 0.6 is 11.3 Å². The largest absolute Gasteiger partial charge is 0.398 e. The van der Waals surface area contributed by atoms with E-state index in [0.717, 1.165) is 4.70 Å². The summed E-state index contributed by atoms with van der Waals surface area (Å²) in [4.78, 5) is 19.8. The van der Waals surface area contributed by atoms with Gasteiger partial charge in [-0.05, 0) is 18.6 Å². The van der Waals surface area contributed by atoms with Crippen LogP contribution in [0.5, 0.6) is 0 Å². The van der Waals surface area contributed by atoms with E-state index >= 15 is 0 Å². The van der Waals surface area contributed by atoms with Crippen molar-refractivity contribution in [1.82, 2.24) is 9.97 Å². The number of sulfone groups is 1. The minimum Gasteiger partial charge on any atom is -0.398 e. The molecule has 0 fully saturated rings. The molecule has 2 heterocycles. The van der Waals surface area contributed by atoms with E-state index in [1.165, 1.54) is 17.5 Å². The first-order valence-corrected chi connectivity index (χ1v) is 10.4. The van der Waals surface area contributed by atoms with Crippen LogP contribution in [0, 0.1) is 0 Å². The fourth-order valence-electron chi connectivity index (χ4n) is 2.75. The van der Waals surface area contributed by atoms with Gasteiger partial charge in [-0.25, -0.2) is 18.4 Å². The first-order chi connectivity index (χ1) is 12.3. The number of hydrogen-bond donors (Lipinski definition) is 2. The molecule has 0 saturated carbocycles. The molecule has 9 heteroatoms. The van der Waals surface area contributed by atoms with Gasteiger partial charge in [-0.1, -0.05) is 19.1 Å². The number of primary amides is 1. The number of anilines is 1. The molecule has 1 amide bonds. The number of nitrogen functional groups attached to an aromatic ring is 1. The molecule has 7 nitrogen and oxygen atoms in total. The minimum atomic E-state index is -3.58. The van der Waals surface area contributed by atoms with E-state index < -0.39 is 15.7 Å². The van der Waals surface area contributed by atoms with E-state index in [4.69, 9.17) is 11.5 Å². The molecule has 26 heavy (non-hydrogen) atoms. The summed E-state index contributed by atoms with van der Waals surface area (Å²) < 4.78 is 26.2. The van der Waals surface area contributed by atoms with Gasteiger partial charge in [0.25, 0.3) is 0 Å². The molecule has 0 aliphatic rings. The van der Waals surface area contributed by atoms with Crippen molar-refractivity contribution in [2.75, 3.05) is 11.5 Å². The van der Waals surface area contributed by atoms with Gasteiger partial charge in [0.2, 0.25) is 5.91 Å². The predicted octanol–water partition coefficient (Wildman–Crippen LogP) is 2.15. The van der Waals surface area contributed by atoms with Crippen molar-refractivity contribution in [1.29, 1.82) is 0 Å². The molecule has 0 aliphatic carbocycles. The van der Waals surface area contributed by atoms with Crippen LogP contribution in [-0.2, 0) is 21.1 Å².